The van der Waals surface area contributed by atoms with Crippen molar-refractivity contribution in [3.8, 4) is 28.6 Å². The molecule has 0 saturated heterocycles. The van der Waals surface area contributed by atoms with Crippen LogP contribution in [0.25, 0.3) is 11.3 Å². The first-order valence-corrected chi connectivity index (χ1v) is 13.6. The SMILES string of the molecule is CCOc1cc([C@@H]2Nc3ccc(Br)cc3-c3nnc(SC)nc3O2)cc(Cl)c1OCc1ccccc1. The summed E-state index contributed by atoms with van der Waals surface area (Å²) in [6.45, 7) is 2.74. The Balaban J connectivity index is 1.53. The van der Waals surface area contributed by atoms with Gasteiger partial charge in [-0.1, -0.05) is 69.6 Å². The van der Waals surface area contributed by atoms with Gasteiger partial charge < -0.3 is 19.5 Å². The summed E-state index contributed by atoms with van der Waals surface area (Å²) in [5, 5.41) is 13.0. The normalized spacial score (nSPS) is 14.1. The lowest BCUT2D eigenvalue weighted by atomic mass is 10.1. The maximum Gasteiger partial charge on any atom is 0.247 e. The first-order chi connectivity index (χ1) is 17.6. The fraction of sp³-hybridized carbons (Fsp3) is 0.192. The summed E-state index contributed by atoms with van der Waals surface area (Å²) in [5.74, 6) is 1.40. The fourth-order valence-corrected chi connectivity index (χ4v) is 4.71. The molecule has 0 fully saturated rings. The summed E-state index contributed by atoms with van der Waals surface area (Å²) < 4.78 is 19.3. The molecule has 2 heterocycles. The molecule has 1 aromatic heterocycles. The predicted molar refractivity (Wildman–Crippen MR) is 145 cm³/mol. The molecule has 0 aliphatic carbocycles. The van der Waals surface area contributed by atoms with E-state index in [0.717, 1.165) is 26.9 Å². The van der Waals surface area contributed by atoms with Crippen molar-refractivity contribution in [2.75, 3.05) is 18.2 Å². The second kappa shape index (κ2) is 10.9. The molecule has 1 atom stereocenters. The number of fused-ring (bicyclic) bond motifs is 3. The zero-order valence-electron chi connectivity index (χ0n) is 19.5. The minimum absolute atomic E-state index is 0.369. The highest BCUT2D eigenvalue weighted by Gasteiger charge is 2.28. The monoisotopic (exact) mass is 584 g/mol. The first-order valence-electron chi connectivity index (χ1n) is 11.2. The molecule has 0 amide bonds. The average Bonchev–Trinajstić information content (AvgIpc) is 3.05. The van der Waals surface area contributed by atoms with Gasteiger partial charge in [-0.25, -0.2) is 0 Å². The number of nitrogens with one attached hydrogen (secondary N) is 1. The van der Waals surface area contributed by atoms with Gasteiger partial charge in [0.2, 0.25) is 11.0 Å². The molecule has 1 N–H and O–H groups in total. The van der Waals surface area contributed by atoms with E-state index in [4.69, 9.17) is 25.8 Å². The number of rotatable bonds is 7. The topological polar surface area (TPSA) is 78.4 Å². The molecule has 5 rings (SSSR count). The smallest absolute Gasteiger partial charge is 0.247 e. The number of thioether (sulfide) groups is 1. The Morgan fingerprint density at radius 2 is 1.92 bits per heavy atom. The Bertz CT molecular complexity index is 1390. The number of anilines is 1. The van der Waals surface area contributed by atoms with Gasteiger partial charge in [-0.15, -0.1) is 10.2 Å². The number of aromatic nitrogens is 3. The van der Waals surface area contributed by atoms with Crippen LogP contribution >= 0.6 is 39.3 Å². The van der Waals surface area contributed by atoms with E-state index < -0.39 is 6.23 Å². The molecule has 3 aromatic carbocycles. The minimum Gasteiger partial charge on any atom is -0.490 e. The van der Waals surface area contributed by atoms with Crippen molar-refractivity contribution in [1.29, 1.82) is 0 Å². The van der Waals surface area contributed by atoms with Gasteiger partial charge in [0.1, 0.15) is 6.61 Å². The molecule has 0 bridgehead atoms. The molecule has 10 heteroatoms. The molecular formula is C26H22BrClN4O3S. The van der Waals surface area contributed by atoms with Crippen LogP contribution in [0, 0.1) is 0 Å². The molecule has 184 valence electrons. The van der Waals surface area contributed by atoms with Gasteiger partial charge in [-0.05, 0) is 49.1 Å². The van der Waals surface area contributed by atoms with E-state index in [1.165, 1.54) is 11.8 Å². The van der Waals surface area contributed by atoms with Crippen molar-refractivity contribution in [2.24, 2.45) is 0 Å². The van der Waals surface area contributed by atoms with Gasteiger partial charge in [0, 0.05) is 21.3 Å². The standard InChI is InChI=1S/C26H22BrClN4O3S/c1-3-33-21-12-16(11-19(28)23(21)34-14-15-7-5-4-6-8-15)24-29-20-10-9-17(27)13-18(20)22-25(35-24)30-26(36-2)32-31-22/h4-13,24,29H,3,14H2,1-2H3/t24-/m1/s1. The molecule has 4 aromatic rings. The highest BCUT2D eigenvalue weighted by molar-refractivity contribution is 9.10. The van der Waals surface area contributed by atoms with Gasteiger partial charge >= 0.3 is 0 Å². The lowest BCUT2D eigenvalue weighted by Crippen LogP contribution is -2.17. The van der Waals surface area contributed by atoms with Crippen LogP contribution in [0.1, 0.15) is 24.3 Å². The Labute approximate surface area is 226 Å². The number of halogens is 2. The van der Waals surface area contributed by atoms with Crippen molar-refractivity contribution in [3.05, 3.63) is 81.3 Å². The molecule has 0 spiro atoms. The molecule has 7 nitrogen and oxygen atoms in total. The third-order valence-corrected chi connectivity index (χ3v) is 6.74. The van der Waals surface area contributed by atoms with E-state index in [1.54, 1.807) is 0 Å². The van der Waals surface area contributed by atoms with Gasteiger partial charge in [-0.3, -0.25) is 0 Å². The summed E-state index contributed by atoms with van der Waals surface area (Å²) in [4.78, 5) is 4.58. The average molecular weight is 586 g/mol. The van der Waals surface area contributed by atoms with Crippen LogP contribution in [-0.4, -0.2) is 28.0 Å². The van der Waals surface area contributed by atoms with Gasteiger partial charge in [0.05, 0.1) is 11.6 Å². The van der Waals surface area contributed by atoms with Gasteiger partial charge in [0.15, 0.2) is 23.4 Å². The van der Waals surface area contributed by atoms with Crippen LogP contribution in [0.3, 0.4) is 0 Å². The lowest BCUT2D eigenvalue weighted by Gasteiger charge is -2.22. The highest BCUT2D eigenvalue weighted by atomic mass is 79.9. The largest absolute Gasteiger partial charge is 0.490 e. The molecule has 0 unspecified atom stereocenters. The zero-order valence-corrected chi connectivity index (χ0v) is 22.7. The second-order valence-corrected chi connectivity index (χ2v) is 9.92. The van der Waals surface area contributed by atoms with Crippen molar-refractivity contribution in [3.63, 3.8) is 0 Å². The van der Waals surface area contributed by atoms with Crippen molar-refractivity contribution in [1.82, 2.24) is 15.2 Å². The van der Waals surface area contributed by atoms with Crippen molar-refractivity contribution in [2.45, 2.75) is 24.9 Å². The molecular weight excluding hydrogens is 564 g/mol. The fourth-order valence-electron chi connectivity index (χ4n) is 3.78. The summed E-state index contributed by atoms with van der Waals surface area (Å²) in [6, 6.07) is 19.5. The molecule has 0 radical (unpaired) electrons. The number of benzene rings is 3. The van der Waals surface area contributed by atoms with E-state index in [-0.39, 0.29) is 0 Å². The Hall–Kier alpha value is -3.01. The Kier molecular flexibility index (Phi) is 7.50. The first kappa shape index (κ1) is 24.7. The van der Waals surface area contributed by atoms with Gasteiger partial charge in [0.25, 0.3) is 0 Å². The number of hydrogen-bond acceptors (Lipinski definition) is 8. The van der Waals surface area contributed by atoms with Crippen molar-refractivity contribution >= 4 is 45.0 Å². The van der Waals surface area contributed by atoms with E-state index in [0.29, 0.717) is 46.5 Å². The second-order valence-electron chi connectivity index (χ2n) is 7.82. The third-order valence-electron chi connectivity index (χ3n) is 5.43. The number of ether oxygens (including phenoxy) is 3. The van der Waals surface area contributed by atoms with E-state index in [9.17, 15) is 0 Å². The molecule has 0 saturated carbocycles. The van der Waals surface area contributed by atoms with Crippen LogP contribution < -0.4 is 19.5 Å². The van der Waals surface area contributed by atoms with Crippen LogP contribution in [0.4, 0.5) is 5.69 Å². The summed E-state index contributed by atoms with van der Waals surface area (Å²) in [5.41, 5.74) is 3.99. The van der Waals surface area contributed by atoms with Crippen LogP contribution in [0.2, 0.25) is 5.02 Å². The highest BCUT2D eigenvalue weighted by Crippen LogP contribution is 2.44. The summed E-state index contributed by atoms with van der Waals surface area (Å²) >= 11 is 11.7. The van der Waals surface area contributed by atoms with Crippen molar-refractivity contribution < 1.29 is 14.2 Å². The van der Waals surface area contributed by atoms with E-state index in [2.05, 4.69) is 36.4 Å². The van der Waals surface area contributed by atoms with Gasteiger partial charge in [-0.2, -0.15) is 4.98 Å². The third kappa shape index (κ3) is 5.23. The minimum atomic E-state index is -0.613. The maximum atomic E-state index is 6.73. The van der Waals surface area contributed by atoms with E-state index >= 15 is 0 Å². The van der Waals surface area contributed by atoms with Crippen LogP contribution in [-0.2, 0) is 6.61 Å². The Morgan fingerprint density at radius 3 is 2.69 bits per heavy atom. The Morgan fingerprint density at radius 1 is 1.08 bits per heavy atom. The van der Waals surface area contributed by atoms with Crippen LogP contribution in [0.5, 0.6) is 17.4 Å². The summed E-state index contributed by atoms with van der Waals surface area (Å²) in [7, 11) is 0. The number of nitrogens with zero attached hydrogens (tertiary/aromatic N) is 3. The molecule has 36 heavy (non-hydrogen) atoms. The van der Waals surface area contributed by atoms with Crippen LogP contribution in [0.15, 0.2) is 70.3 Å². The molecule has 1 aliphatic heterocycles. The quantitative estimate of drug-likeness (QED) is 0.229. The lowest BCUT2D eigenvalue weighted by molar-refractivity contribution is 0.223. The maximum absolute atomic E-state index is 6.73. The summed E-state index contributed by atoms with van der Waals surface area (Å²) in [6.07, 6.45) is 1.28. The van der Waals surface area contributed by atoms with E-state index in [1.807, 2.05) is 73.8 Å². The predicted octanol–water partition coefficient (Wildman–Crippen LogP) is 7.16. The number of hydrogen-bond donors (Lipinski definition) is 1. The zero-order chi connectivity index (χ0) is 25.1. The molecule has 1 aliphatic rings.